The second kappa shape index (κ2) is 8.00. The van der Waals surface area contributed by atoms with E-state index in [-0.39, 0.29) is 5.69 Å². The maximum atomic E-state index is 11.4. The van der Waals surface area contributed by atoms with E-state index in [4.69, 9.17) is 27.9 Å². The van der Waals surface area contributed by atoms with Gasteiger partial charge in [0.05, 0.1) is 21.1 Å². The SMILES string of the molecule is O=c1[nH]c2ccc(NCc3cccc(OCc4ccc(Cl)c(Cl)c4)c3)cc2[nH]1. The first-order valence-corrected chi connectivity index (χ1v) is 9.44. The van der Waals surface area contributed by atoms with Crippen molar-refractivity contribution in [3.63, 3.8) is 0 Å². The smallest absolute Gasteiger partial charge is 0.323 e. The Hall–Kier alpha value is -2.89. The first kappa shape index (κ1) is 18.5. The maximum Gasteiger partial charge on any atom is 0.323 e. The van der Waals surface area contributed by atoms with Crippen LogP contribution < -0.4 is 15.7 Å². The summed E-state index contributed by atoms with van der Waals surface area (Å²) in [6, 6.07) is 19.0. The van der Waals surface area contributed by atoms with Gasteiger partial charge in [0.25, 0.3) is 0 Å². The van der Waals surface area contributed by atoms with E-state index in [0.29, 0.717) is 23.2 Å². The van der Waals surface area contributed by atoms with E-state index in [2.05, 4.69) is 15.3 Å². The lowest BCUT2D eigenvalue weighted by Crippen LogP contribution is -2.01. The minimum absolute atomic E-state index is 0.209. The number of hydrogen-bond donors (Lipinski definition) is 3. The number of hydrogen-bond acceptors (Lipinski definition) is 3. The minimum atomic E-state index is -0.209. The van der Waals surface area contributed by atoms with Crippen LogP contribution >= 0.6 is 23.2 Å². The first-order chi connectivity index (χ1) is 13.6. The van der Waals surface area contributed by atoms with Crippen LogP contribution in [0.1, 0.15) is 11.1 Å². The molecule has 4 aromatic rings. The van der Waals surface area contributed by atoms with Gasteiger partial charge in [0.15, 0.2) is 0 Å². The number of benzene rings is 3. The van der Waals surface area contributed by atoms with E-state index < -0.39 is 0 Å². The molecule has 0 saturated carbocycles. The van der Waals surface area contributed by atoms with Crippen LogP contribution in [0.3, 0.4) is 0 Å². The van der Waals surface area contributed by atoms with Crippen molar-refractivity contribution < 1.29 is 4.74 Å². The lowest BCUT2D eigenvalue weighted by molar-refractivity contribution is 0.306. The summed E-state index contributed by atoms with van der Waals surface area (Å²) in [6.07, 6.45) is 0. The lowest BCUT2D eigenvalue weighted by atomic mass is 10.2. The zero-order chi connectivity index (χ0) is 19.5. The molecular weight excluding hydrogens is 397 g/mol. The minimum Gasteiger partial charge on any atom is -0.489 e. The zero-order valence-corrected chi connectivity index (χ0v) is 16.3. The third kappa shape index (κ3) is 4.32. The normalized spacial score (nSPS) is 10.9. The highest BCUT2D eigenvalue weighted by atomic mass is 35.5. The van der Waals surface area contributed by atoms with Gasteiger partial charge in [-0.2, -0.15) is 0 Å². The first-order valence-electron chi connectivity index (χ1n) is 8.68. The standard InChI is InChI=1S/C21H17Cl2N3O2/c22-17-6-4-14(9-18(17)23)12-28-16-3-1-2-13(8-16)11-24-15-5-7-19-20(10-15)26-21(27)25-19/h1-10,24H,11-12H2,(H2,25,26,27). The van der Waals surface area contributed by atoms with Crippen molar-refractivity contribution in [2.75, 3.05) is 5.32 Å². The lowest BCUT2D eigenvalue weighted by Gasteiger charge is -2.10. The highest BCUT2D eigenvalue weighted by Crippen LogP contribution is 2.24. The molecule has 0 bridgehead atoms. The molecule has 0 amide bonds. The molecule has 4 rings (SSSR count). The molecule has 142 valence electrons. The Morgan fingerprint density at radius 1 is 0.857 bits per heavy atom. The van der Waals surface area contributed by atoms with Crippen LogP contribution in [0.2, 0.25) is 10.0 Å². The Morgan fingerprint density at radius 2 is 1.71 bits per heavy atom. The summed E-state index contributed by atoms with van der Waals surface area (Å²) in [5.74, 6) is 0.774. The van der Waals surface area contributed by atoms with Gasteiger partial charge in [-0.15, -0.1) is 0 Å². The second-order valence-electron chi connectivity index (χ2n) is 6.38. The van der Waals surface area contributed by atoms with Crippen molar-refractivity contribution in [1.82, 2.24) is 9.97 Å². The summed E-state index contributed by atoms with van der Waals surface area (Å²) in [5, 5.41) is 4.40. The van der Waals surface area contributed by atoms with Gasteiger partial charge in [-0.05, 0) is 53.6 Å². The number of halogens is 2. The predicted molar refractivity (Wildman–Crippen MR) is 113 cm³/mol. The molecule has 0 saturated heterocycles. The number of nitrogens with one attached hydrogen (secondary N) is 3. The van der Waals surface area contributed by atoms with Crippen LogP contribution in [0, 0.1) is 0 Å². The van der Waals surface area contributed by atoms with Gasteiger partial charge in [-0.1, -0.05) is 41.4 Å². The summed E-state index contributed by atoms with van der Waals surface area (Å²) in [4.78, 5) is 16.8. The molecule has 0 aliphatic heterocycles. The number of rotatable bonds is 6. The van der Waals surface area contributed by atoms with Crippen LogP contribution in [0.4, 0.5) is 5.69 Å². The van der Waals surface area contributed by atoms with Crippen LogP contribution in [-0.4, -0.2) is 9.97 Å². The topological polar surface area (TPSA) is 69.9 Å². The maximum absolute atomic E-state index is 11.4. The van der Waals surface area contributed by atoms with Crippen molar-refractivity contribution in [3.05, 3.63) is 92.3 Å². The highest BCUT2D eigenvalue weighted by Gasteiger charge is 2.03. The quantitative estimate of drug-likeness (QED) is 0.398. The van der Waals surface area contributed by atoms with Gasteiger partial charge < -0.3 is 20.0 Å². The molecule has 0 spiro atoms. The van der Waals surface area contributed by atoms with Gasteiger partial charge in [-0.3, -0.25) is 0 Å². The van der Waals surface area contributed by atoms with E-state index in [1.807, 2.05) is 48.5 Å². The zero-order valence-electron chi connectivity index (χ0n) is 14.8. The summed E-state index contributed by atoms with van der Waals surface area (Å²) >= 11 is 12.0. The van der Waals surface area contributed by atoms with E-state index in [1.54, 1.807) is 12.1 Å². The molecule has 0 aliphatic rings. The van der Waals surface area contributed by atoms with Gasteiger partial charge in [0.2, 0.25) is 0 Å². The number of H-pyrrole nitrogens is 2. The van der Waals surface area contributed by atoms with E-state index in [0.717, 1.165) is 33.6 Å². The molecule has 0 radical (unpaired) electrons. The number of ether oxygens (including phenoxy) is 1. The van der Waals surface area contributed by atoms with Crippen LogP contribution in [0.25, 0.3) is 11.0 Å². The third-order valence-corrected chi connectivity index (χ3v) is 5.04. The third-order valence-electron chi connectivity index (χ3n) is 4.30. The predicted octanol–water partition coefficient (Wildman–Crippen LogP) is 5.35. The fraction of sp³-hybridized carbons (Fsp3) is 0.0952. The van der Waals surface area contributed by atoms with Gasteiger partial charge in [-0.25, -0.2) is 4.79 Å². The molecule has 7 heteroatoms. The fourth-order valence-electron chi connectivity index (χ4n) is 2.89. The number of imidazole rings is 1. The largest absolute Gasteiger partial charge is 0.489 e. The molecule has 1 heterocycles. The summed E-state index contributed by atoms with van der Waals surface area (Å²) in [6.45, 7) is 1.04. The Kier molecular flexibility index (Phi) is 5.28. The van der Waals surface area contributed by atoms with Crippen LogP contribution in [0.5, 0.6) is 5.75 Å². The molecule has 3 aromatic carbocycles. The van der Waals surface area contributed by atoms with Crippen molar-refractivity contribution in [3.8, 4) is 5.75 Å². The molecule has 1 aromatic heterocycles. The van der Waals surface area contributed by atoms with E-state index >= 15 is 0 Å². The Bertz CT molecular complexity index is 1180. The molecule has 28 heavy (non-hydrogen) atoms. The van der Waals surface area contributed by atoms with Gasteiger partial charge in [0, 0.05) is 12.2 Å². The second-order valence-corrected chi connectivity index (χ2v) is 7.19. The average Bonchev–Trinajstić information content (AvgIpc) is 3.07. The summed E-state index contributed by atoms with van der Waals surface area (Å²) in [7, 11) is 0. The number of aromatic amines is 2. The fourth-order valence-corrected chi connectivity index (χ4v) is 3.21. The number of fused-ring (bicyclic) bond motifs is 1. The molecule has 5 nitrogen and oxygen atoms in total. The molecule has 0 atom stereocenters. The van der Waals surface area contributed by atoms with Gasteiger partial charge >= 0.3 is 5.69 Å². The Labute approximate surface area is 171 Å². The van der Waals surface area contributed by atoms with E-state index in [1.165, 1.54) is 0 Å². The molecule has 0 aliphatic carbocycles. The van der Waals surface area contributed by atoms with E-state index in [9.17, 15) is 4.79 Å². The van der Waals surface area contributed by atoms with Crippen LogP contribution in [-0.2, 0) is 13.2 Å². The molecule has 0 fully saturated rings. The molecule has 3 N–H and O–H groups in total. The van der Waals surface area contributed by atoms with Crippen molar-refractivity contribution in [2.24, 2.45) is 0 Å². The Morgan fingerprint density at radius 3 is 2.57 bits per heavy atom. The summed E-state index contributed by atoms with van der Waals surface area (Å²) < 4.78 is 5.87. The molecule has 0 unspecified atom stereocenters. The Balaban J connectivity index is 1.39. The van der Waals surface area contributed by atoms with Crippen molar-refractivity contribution in [1.29, 1.82) is 0 Å². The number of anilines is 1. The summed E-state index contributed by atoms with van der Waals surface area (Å²) in [5.41, 5.74) is 4.30. The number of aromatic nitrogens is 2. The van der Waals surface area contributed by atoms with Crippen LogP contribution in [0.15, 0.2) is 65.5 Å². The van der Waals surface area contributed by atoms with Crippen molar-refractivity contribution in [2.45, 2.75) is 13.2 Å². The molecular formula is C21H17Cl2N3O2. The highest BCUT2D eigenvalue weighted by molar-refractivity contribution is 6.42. The average molecular weight is 414 g/mol. The van der Waals surface area contributed by atoms with Gasteiger partial charge in [0.1, 0.15) is 12.4 Å². The van der Waals surface area contributed by atoms with Crippen molar-refractivity contribution >= 4 is 39.9 Å². The monoisotopic (exact) mass is 413 g/mol.